The molecule has 150 valence electrons. The summed E-state index contributed by atoms with van der Waals surface area (Å²) in [5.74, 6) is 2.48. The number of carbonyl (C=O) groups excluding carboxylic acids is 1. The van der Waals surface area contributed by atoms with Crippen LogP contribution in [0.25, 0.3) is 0 Å². The van der Waals surface area contributed by atoms with Crippen LogP contribution >= 0.6 is 0 Å². The number of rotatable bonds is 8. The zero-order chi connectivity index (χ0) is 19.6. The maximum absolute atomic E-state index is 11.8. The van der Waals surface area contributed by atoms with Gasteiger partial charge in [-0.3, -0.25) is 9.79 Å². The molecule has 7 nitrogen and oxygen atoms in total. The van der Waals surface area contributed by atoms with Crippen molar-refractivity contribution in [2.45, 2.75) is 39.2 Å². The Morgan fingerprint density at radius 3 is 2.70 bits per heavy atom. The molecule has 0 spiro atoms. The number of hydrogen-bond acceptors (Lipinski definition) is 4. The van der Waals surface area contributed by atoms with E-state index in [4.69, 9.17) is 9.47 Å². The fourth-order valence-corrected chi connectivity index (χ4v) is 3.17. The molecule has 1 heterocycles. The highest BCUT2D eigenvalue weighted by Crippen LogP contribution is 2.27. The molecule has 0 aliphatic carbocycles. The average molecular weight is 377 g/mol. The number of amides is 1. The third kappa shape index (κ3) is 6.05. The van der Waals surface area contributed by atoms with Crippen molar-refractivity contribution in [3.05, 3.63) is 23.8 Å². The molecule has 7 heteroatoms. The number of aliphatic imine (C=N–C) groups is 1. The van der Waals surface area contributed by atoms with Crippen molar-refractivity contribution in [1.82, 2.24) is 15.5 Å². The fourth-order valence-electron chi connectivity index (χ4n) is 3.17. The van der Waals surface area contributed by atoms with Gasteiger partial charge in [-0.15, -0.1) is 0 Å². The Morgan fingerprint density at radius 1 is 1.26 bits per heavy atom. The lowest BCUT2D eigenvalue weighted by Gasteiger charge is -2.18. The van der Waals surface area contributed by atoms with Crippen LogP contribution in [0.1, 0.15) is 32.3 Å². The molecule has 0 aromatic heterocycles. The van der Waals surface area contributed by atoms with Crippen LogP contribution in [0.15, 0.2) is 23.2 Å². The summed E-state index contributed by atoms with van der Waals surface area (Å²) < 4.78 is 10.6. The van der Waals surface area contributed by atoms with Gasteiger partial charge in [-0.1, -0.05) is 13.0 Å². The molecule has 1 amide bonds. The van der Waals surface area contributed by atoms with Crippen molar-refractivity contribution in [2.75, 3.05) is 40.4 Å². The zero-order valence-electron chi connectivity index (χ0n) is 16.9. The van der Waals surface area contributed by atoms with Crippen LogP contribution in [0, 0.1) is 0 Å². The van der Waals surface area contributed by atoms with E-state index in [1.807, 2.05) is 36.9 Å². The minimum atomic E-state index is 0.217. The molecule has 1 aliphatic heterocycles. The molecule has 1 aliphatic rings. The van der Waals surface area contributed by atoms with Gasteiger partial charge in [-0.05, 0) is 37.5 Å². The van der Waals surface area contributed by atoms with Crippen LogP contribution in [0.5, 0.6) is 11.5 Å². The molecule has 0 saturated carbocycles. The molecule has 1 saturated heterocycles. The number of ether oxygens (including phenoxy) is 2. The van der Waals surface area contributed by atoms with Gasteiger partial charge in [-0.25, -0.2) is 0 Å². The molecular formula is C20H32N4O3. The van der Waals surface area contributed by atoms with E-state index in [1.165, 1.54) is 0 Å². The number of likely N-dealkylation sites (tertiary alicyclic amines) is 1. The SMILES string of the molecule is CCNC(=NCCc1ccc(OC)c(OC)c1)NC1CCN(C(=O)CC)C1. The van der Waals surface area contributed by atoms with Crippen molar-refractivity contribution in [3.63, 3.8) is 0 Å². The monoisotopic (exact) mass is 376 g/mol. The Hall–Kier alpha value is -2.44. The summed E-state index contributed by atoms with van der Waals surface area (Å²) in [5, 5.41) is 6.74. The van der Waals surface area contributed by atoms with Crippen LogP contribution in [0.3, 0.4) is 0 Å². The number of guanidine groups is 1. The number of nitrogens with zero attached hydrogens (tertiary/aromatic N) is 2. The first kappa shape index (κ1) is 20.9. The highest BCUT2D eigenvalue weighted by atomic mass is 16.5. The summed E-state index contributed by atoms with van der Waals surface area (Å²) in [4.78, 5) is 18.4. The second-order valence-electron chi connectivity index (χ2n) is 6.52. The van der Waals surface area contributed by atoms with Crippen molar-refractivity contribution in [2.24, 2.45) is 4.99 Å². The van der Waals surface area contributed by atoms with Crippen molar-refractivity contribution in [1.29, 1.82) is 0 Å². The van der Waals surface area contributed by atoms with Gasteiger partial charge in [-0.2, -0.15) is 0 Å². The molecule has 1 aromatic rings. The smallest absolute Gasteiger partial charge is 0.222 e. The van der Waals surface area contributed by atoms with Crippen LogP contribution in [0.2, 0.25) is 0 Å². The maximum Gasteiger partial charge on any atom is 0.222 e. The second kappa shape index (κ2) is 10.6. The van der Waals surface area contributed by atoms with Gasteiger partial charge in [0.25, 0.3) is 0 Å². The lowest BCUT2D eigenvalue weighted by atomic mass is 10.1. The summed E-state index contributed by atoms with van der Waals surface area (Å²) >= 11 is 0. The van der Waals surface area contributed by atoms with E-state index in [-0.39, 0.29) is 11.9 Å². The Balaban J connectivity index is 1.91. The van der Waals surface area contributed by atoms with Crippen LogP contribution in [-0.4, -0.2) is 63.2 Å². The lowest BCUT2D eigenvalue weighted by molar-refractivity contribution is -0.129. The summed E-state index contributed by atoms with van der Waals surface area (Å²) in [6.45, 7) is 6.97. The first-order valence-corrected chi connectivity index (χ1v) is 9.64. The van der Waals surface area contributed by atoms with Gasteiger partial charge in [0.2, 0.25) is 5.91 Å². The molecule has 0 bridgehead atoms. The van der Waals surface area contributed by atoms with Gasteiger partial charge in [0.1, 0.15) is 0 Å². The van der Waals surface area contributed by atoms with Gasteiger partial charge in [0.15, 0.2) is 17.5 Å². The van der Waals surface area contributed by atoms with E-state index < -0.39 is 0 Å². The van der Waals surface area contributed by atoms with Crippen LogP contribution in [0.4, 0.5) is 0 Å². The number of carbonyl (C=O) groups is 1. The number of nitrogens with one attached hydrogen (secondary N) is 2. The second-order valence-corrected chi connectivity index (χ2v) is 6.52. The minimum absolute atomic E-state index is 0.217. The third-order valence-electron chi connectivity index (χ3n) is 4.65. The van der Waals surface area contributed by atoms with Crippen molar-refractivity contribution < 1.29 is 14.3 Å². The third-order valence-corrected chi connectivity index (χ3v) is 4.65. The number of benzene rings is 1. The summed E-state index contributed by atoms with van der Waals surface area (Å²) in [5.41, 5.74) is 1.15. The van der Waals surface area contributed by atoms with Crippen LogP contribution < -0.4 is 20.1 Å². The van der Waals surface area contributed by atoms with Crippen molar-refractivity contribution >= 4 is 11.9 Å². The summed E-state index contributed by atoms with van der Waals surface area (Å²) in [6, 6.07) is 6.18. The quantitative estimate of drug-likeness (QED) is 0.535. The van der Waals surface area contributed by atoms with E-state index in [9.17, 15) is 4.79 Å². The largest absolute Gasteiger partial charge is 0.493 e. The van der Waals surface area contributed by atoms with E-state index in [1.54, 1.807) is 14.2 Å². The molecule has 2 N–H and O–H groups in total. The zero-order valence-corrected chi connectivity index (χ0v) is 16.9. The van der Waals surface area contributed by atoms with Gasteiger partial charge in [0.05, 0.1) is 14.2 Å². The highest BCUT2D eigenvalue weighted by molar-refractivity contribution is 5.80. The van der Waals surface area contributed by atoms with E-state index >= 15 is 0 Å². The maximum atomic E-state index is 11.8. The topological polar surface area (TPSA) is 75.2 Å². The van der Waals surface area contributed by atoms with Crippen LogP contribution in [-0.2, 0) is 11.2 Å². The molecule has 1 aromatic carbocycles. The Bertz CT molecular complexity index is 648. The first-order chi connectivity index (χ1) is 13.1. The van der Waals surface area contributed by atoms with Gasteiger partial charge < -0.3 is 25.0 Å². The molecular weight excluding hydrogens is 344 g/mol. The predicted octanol–water partition coefficient (Wildman–Crippen LogP) is 1.81. The number of hydrogen-bond donors (Lipinski definition) is 2. The molecule has 1 atom stereocenters. The normalized spacial score (nSPS) is 17.0. The Kier molecular flexibility index (Phi) is 8.23. The minimum Gasteiger partial charge on any atom is -0.493 e. The predicted molar refractivity (Wildman–Crippen MR) is 108 cm³/mol. The first-order valence-electron chi connectivity index (χ1n) is 9.64. The van der Waals surface area contributed by atoms with Gasteiger partial charge in [0, 0.05) is 38.6 Å². The molecule has 1 fully saturated rings. The Morgan fingerprint density at radius 2 is 2.04 bits per heavy atom. The lowest BCUT2D eigenvalue weighted by Crippen LogP contribution is -2.45. The molecule has 1 unspecified atom stereocenters. The molecule has 2 rings (SSSR count). The Labute approximate surface area is 162 Å². The number of methoxy groups -OCH3 is 2. The average Bonchev–Trinajstić information content (AvgIpc) is 3.15. The standard InChI is InChI=1S/C20H32N4O3/c1-5-19(25)24-12-10-16(14-24)23-20(21-6-2)22-11-9-15-7-8-17(26-3)18(13-15)27-4/h7-8,13,16H,5-6,9-12,14H2,1-4H3,(H2,21,22,23). The molecule has 0 radical (unpaired) electrons. The van der Waals surface area contributed by atoms with Crippen molar-refractivity contribution in [3.8, 4) is 11.5 Å². The summed E-state index contributed by atoms with van der Waals surface area (Å²) in [6.07, 6.45) is 2.32. The van der Waals surface area contributed by atoms with E-state index in [0.717, 1.165) is 55.5 Å². The summed E-state index contributed by atoms with van der Waals surface area (Å²) in [7, 11) is 3.27. The fraction of sp³-hybridized carbons (Fsp3) is 0.600. The highest BCUT2D eigenvalue weighted by Gasteiger charge is 2.25. The van der Waals surface area contributed by atoms with E-state index in [0.29, 0.717) is 13.0 Å². The van der Waals surface area contributed by atoms with E-state index in [2.05, 4.69) is 15.6 Å². The van der Waals surface area contributed by atoms with Gasteiger partial charge >= 0.3 is 0 Å². The molecule has 27 heavy (non-hydrogen) atoms.